The molecule has 0 aliphatic heterocycles. The number of benzene rings is 12. The van der Waals surface area contributed by atoms with Crippen molar-refractivity contribution in [2.75, 3.05) is 19.8 Å². The zero-order valence-corrected chi connectivity index (χ0v) is 70.8. The number of aliphatic carboxylic acids is 1. The molecule has 0 saturated carbocycles. The minimum Gasteiger partial charge on any atom is -0.489 e. The van der Waals surface area contributed by atoms with Gasteiger partial charge >= 0.3 is 11.9 Å². The summed E-state index contributed by atoms with van der Waals surface area (Å²) in [5.74, 6) is 6.03. The highest BCUT2D eigenvalue weighted by Crippen LogP contribution is 2.31. The molecule has 1 atom stereocenters. The van der Waals surface area contributed by atoms with Crippen molar-refractivity contribution in [2.45, 2.75) is 72.4 Å². The van der Waals surface area contributed by atoms with Crippen molar-refractivity contribution in [3.05, 3.63) is 403 Å². The molecule has 0 aliphatic carbocycles. The van der Waals surface area contributed by atoms with Crippen LogP contribution in [0.1, 0.15) is 70.4 Å². The number of H-pyrrole nitrogens is 2. The van der Waals surface area contributed by atoms with E-state index in [-0.39, 0.29) is 19.2 Å². The average Bonchev–Trinajstić information content (AvgIpc) is 1.70. The number of pyridine rings is 4. The number of hydrogen-bond acceptors (Lipinski definition) is 20. The van der Waals surface area contributed by atoms with Gasteiger partial charge in [-0.05, 0) is 209 Å². The number of carbonyl (C=O) groups excluding carboxylic acids is 1. The van der Waals surface area contributed by atoms with Gasteiger partial charge in [0.05, 0.1) is 57.0 Å². The Kier molecular flexibility index (Phi) is 28.7. The predicted molar refractivity (Wildman–Crippen MR) is 495 cm³/mol. The number of nitrogens with one attached hydrogen (secondary N) is 2. The zero-order valence-electron chi connectivity index (χ0n) is 70.8. The van der Waals surface area contributed by atoms with E-state index in [9.17, 15) is 9.59 Å². The summed E-state index contributed by atoms with van der Waals surface area (Å²) in [6.45, 7) is 7.03. The maximum Gasteiger partial charge on any atom is 0.344 e. The minimum absolute atomic E-state index is 0.102. The van der Waals surface area contributed by atoms with Crippen LogP contribution < -0.4 is 37.9 Å². The quantitative estimate of drug-likeness (QED) is 0.0330. The Labute approximate surface area is 743 Å². The lowest BCUT2D eigenvalue weighted by Crippen LogP contribution is -2.14. The molecule has 0 amide bonds. The first-order chi connectivity index (χ1) is 63.4. The summed E-state index contributed by atoms with van der Waals surface area (Å²) in [5, 5.41) is 35.5. The number of esters is 1. The van der Waals surface area contributed by atoms with Gasteiger partial charge < -0.3 is 52.3 Å². The molecule has 1 unspecified atom stereocenters. The fourth-order valence-corrected chi connectivity index (χ4v) is 14.1. The van der Waals surface area contributed by atoms with Gasteiger partial charge in [-0.15, -0.1) is 10.2 Å². The first-order valence-electron chi connectivity index (χ1n) is 42.0. The number of carbonyl (C=O) groups is 2. The topological polar surface area (TPSA) is 290 Å². The molecule has 19 aromatic rings. The van der Waals surface area contributed by atoms with Crippen LogP contribution in [0.5, 0.6) is 46.0 Å². The number of tetrazole rings is 1. The van der Waals surface area contributed by atoms with E-state index in [1.807, 2.05) is 224 Å². The van der Waals surface area contributed by atoms with Crippen LogP contribution in [0, 0.1) is 0 Å². The Balaban J connectivity index is 0.000000126. The van der Waals surface area contributed by atoms with Gasteiger partial charge in [0, 0.05) is 57.5 Å². The molecule has 0 saturated heterocycles. The highest BCUT2D eigenvalue weighted by molar-refractivity contribution is 5.83. The van der Waals surface area contributed by atoms with Gasteiger partial charge in [-0.2, -0.15) is 10.3 Å². The van der Waals surface area contributed by atoms with Crippen molar-refractivity contribution in [3.8, 4) is 68.8 Å². The number of aromatic nitrogens is 12. The molecule has 0 radical (unpaired) electrons. The van der Waals surface area contributed by atoms with Crippen molar-refractivity contribution in [1.82, 2.24) is 60.3 Å². The van der Waals surface area contributed by atoms with E-state index in [0.717, 1.165) is 142 Å². The van der Waals surface area contributed by atoms with Crippen molar-refractivity contribution >= 4 is 66.5 Å². The Bertz CT molecular complexity index is 6890. The van der Waals surface area contributed by atoms with Crippen LogP contribution in [0.2, 0.25) is 0 Å². The highest BCUT2D eigenvalue weighted by atomic mass is 16.6. The third kappa shape index (κ3) is 24.7. The van der Waals surface area contributed by atoms with Crippen molar-refractivity contribution in [2.24, 2.45) is 0 Å². The largest absolute Gasteiger partial charge is 0.489 e. The van der Waals surface area contributed by atoms with Crippen LogP contribution in [0.25, 0.3) is 77.3 Å². The number of fused-ring (bicyclic) bond motifs is 5. The molecular weight excluding hydrogens is 1620 g/mol. The molecule has 12 aromatic carbocycles. The van der Waals surface area contributed by atoms with Crippen molar-refractivity contribution in [3.63, 3.8) is 0 Å². The van der Waals surface area contributed by atoms with Crippen LogP contribution in [-0.4, -0.2) is 97.2 Å². The second-order valence-corrected chi connectivity index (χ2v) is 30.0. The van der Waals surface area contributed by atoms with E-state index in [1.54, 1.807) is 31.2 Å². The summed E-state index contributed by atoms with van der Waals surface area (Å²) >= 11 is 0. The van der Waals surface area contributed by atoms with E-state index >= 15 is 0 Å². The van der Waals surface area contributed by atoms with E-state index < -0.39 is 5.97 Å². The number of rotatable bonds is 32. The van der Waals surface area contributed by atoms with Gasteiger partial charge in [0.2, 0.25) is 5.82 Å². The molecule has 19 rings (SSSR count). The molecule has 0 bridgehead atoms. The van der Waals surface area contributed by atoms with Crippen LogP contribution in [0.3, 0.4) is 0 Å². The van der Waals surface area contributed by atoms with Gasteiger partial charge in [0.25, 0.3) is 0 Å². The van der Waals surface area contributed by atoms with E-state index in [1.165, 1.54) is 22.8 Å². The molecular formula is C105H90N12O12. The smallest absolute Gasteiger partial charge is 0.344 e. The van der Waals surface area contributed by atoms with Crippen molar-refractivity contribution < 1.29 is 57.3 Å². The molecule has 0 aliphatic rings. The average molecular weight is 1710 g/mol. The lowest BCUT2D eigenvalue weighted by atomic mass is 9.92. The monoisotopic (exact) mass is 1710 g/mol. The maximum absolute atomic E-state index is 11.3. The molecule has 129 heavy (non-hydrogen) atoms. The van der Waals surface area contributed by atoms with E-state index in [2.05, 4.69) is 159 Å². The molecule has 642 valence electrons. The number of nitrogens with zero attached hydrogens (tertiary/aromatic N) is 10. The number of carboxylic acid groups (broad SMARTS) is 1. The van der Waals surface area contributed by atoms with Gasteiger partial charge in [-0.1, -0.05) is 183 Å². The second-order valence-electron chi connectivity index (χ2n) is 30.0. The summed E-state index contributed by atoms with van der Waals surface area (Å²) in [7, 11) is 0. The summed E-state index contributed by atoms with van der Waals surface area (Å²) in [4.78, 5) is 44.8. The normalized spacial score (nSPS) is 11.1. The van der Waals surface area contributed by atoms with E-state index in [0.29, 0.717) is 81.0 Å². The maximum atomic E-state index is 11.3. The molecule has 7 heterocycles. The number of aromatic amines is 2. The van der Waals surface area contributed by atoms with Gasteiger partial charge in [-0.3, -0.25) is 5.10 Å². The van der Waals surface area contributed by atoms with Crippen molar-refractivity contribution in [1.29, 1.82) is 0 Å². The summed E-state index contributed by atoms with van der Waals surface area (Å²) < 4.78 is 53.1. The molecule has 24 heteroatoms. The third-order valence-corrected chi connectivity index (χ3v) is 20.7. The lowest BCUT2D eigenvalue weighted by Gasteiger charge is -2.14. The molecule has 0 spiro atoms. The first-order valence-corrected chi connectivity index (χ1v) is 42.0. The Morgan fingerprint density at radius 1 is 0.388 bits per heavy atom. The fraction of sp³-hybridized carbons (Fsp3) is 0.133. The van der Waals surface area contributed by atoms with Gasteiger partial charge in [0.1, 0.15) is 92.0 Å². The molecule has 7 aromatic heterocycles. The Morgan fingerprint density at radius 2 is 0.822 bits per heavy atom. The van der Waals surface area contributed by atoms with Crippen LogP contribution >= 0.6 is 0 Å². The number of para-hydroxylation sites is 4. The molecule has 0 fully saturated rings. The van der Waals surface area contributed by atoms with Gasteiger partial charge in [0.15, 0.2) is 19.0 Å². The number of ether oxygens (including phenoxy) is 9. The summed E-state index contributed by atoms with van der Waals surface area (Å²) in [6.07, 6.45) is 4.58. The van der Waals surface area contributed by atoms with Crippen LogP contribution in [0.15, 0.2) is 352 Å². The second kappa shape index (κ2) is 43.1. The highest BCUT2D eigenvalue weighted by Gasteiger charge is 2.15. The zero-order chi connectivity index (χ0) is 88.1. The fourth-order valence-electron chi connectivity index (χ4n) is 14.1. The third-order valence-electron chi connectivity index (χ3n) is 20.7. The molecule has 3 N–H and O–H groups in total. The summed E-state index contributed by atoms with van der Waals surface area (Å²) in [6, 6.07) is 111. The summed E-state index contributed by atoms with van der Waals surface area (Å²) in [5.41, 5.74) is 16.2. The van der Waals surface area contributed by atoms with E-state index in [4.69, 9.17) is 52.7 Å². The molecule has 24 nitrogen and oxygen atoms in total. The Hall–Kier alpha value is -16.6. The first kappa shape index (κ1) is 85.9. The van der Waals surface area contributed by atoms with Crippen LogP contribution in [-0.2, 0) is 66.9 Å². The number of carboxylic acids is 1. The minimum atomic E-state index is -1.01. The SMILES string of the molecule is CC(Cc1ccc(OCc2ccc3ccccc3n2)cc1)c1cccc(-c2ncn[nH]2)c1.CCOC(=O)COc1ccc(COc2ccc(OCc3ccc4ccccc4n3)cc2)cc1.O=C(O)COc1ccc(COc2cccc(OCc3ccc4ccccc4n3)c2)cc1.c1cc(Cn2ccc3ccc(OCc4ccc5ccccc5n4)cc32)cc(-c2nn[nH]n2)c1. The predicted octanol–water partition coefficient (Wildman–Crippen LogP) is 21.1. The van der Waals surface area contributed by atoms with Gasteiger partial charge in [-0.25, -0.2) is 34.5 Å². The lowest BCUT2D eigenvalue weighted by molar-refractivity contribution is -0.145. The standard InChI is InChI=1S/C27H24N4O.C27H25NO5.C26H20N6O.C25H21NO5/c1-19(22-6-4-7-23(16-22)27-28-18-29-31-27)15-20-9-13-25(14-10-20)32-17-24-12-11-21-5-2-3-8-26(21)30-24;1-2-30-27(29)19-33-23-11-7-20(8-12-23)17-31-24-13-15-25(16-14-24)32-18-22-10-9-21-5-3-4-6-26(21)28-22;1-2-7-24-19(5-1)8-10-22(27-24)17-33-23-11-9-20-12-13-32(25(20)15-23)16-18-4-3-6-21(14-18)26-28-30-31-29-26;27-25(28)17-31-21-12-8-18(9-13-21)15-29-22-5-3-6-23(14-22)30-16-20-11-10-19-4-1-2-7-24(19)26-20/h2-14,16,18-19H,15,17H2,1H3,(H,28,29,31);3-16H,2,17-19H2,1H3;1-15H,16-17H2,(H,28,29,30,31);1-14H,15-17H2,(H,27,28). The number of hydrogen-bond donors (Lipinski definition) is 3. The van der Waals surface area contributed by atoms with Crippen LogP contribution in [0.4, 0.5) is 0 Å². The Morgan fingerprint density at radius 3 is 1.32 bits per heavy atom.